The molecule has 1 aromatic carbocycles. The van der Waals surface area contributed by atoms with Crippen molar-refractivity contribution < 1.29 is 0 Å². The Balaban J connectivity index is 1.35. The van der Waals surface area contributed by atoms with Gasteiger partial charge in [0.15, 0.2) is 0 Å². The summed E-state index contributed by atoms with van der Waals surface area (Å²) in [5, 5.41) is 9.98. The molecule has 4 aliphatic rings. The van der Waals surface area contributed by atoms with Crippen LogP contribution in [0.2, 0.25) is 0 Å². The SMILES string of the molecule is N#Cc1ccc(CSc2nsnc2C23CN4CC2C3C4)cc1. The maximum Gasteiger partial charge on any atom is 0.134 e. The van der Waals surface area contributed by atoms with E-state index in [2.05, 4.69) is 19.7 Å². The van der Waals surface area contributed by atoms with Crippen molar-refractivity contribution in [3.63, 3.8) is 0 Å². The highest BCUT2D eigenvalue weighted by molar-refractivity contribution is 7.98. The number of piperidine rings is 3. The van der Waals surface area contributed by atoms with Gasteiger partial charge in [0.2, 0.25) is 0 Å². The molecule has 4 fully saturated rings. The Kier molecular flexibility index (Phi) is 2.70. The van der Waals surface area contributed by atoms with Crippen LogP contribution in [0, 0.1) is 23.2 Å². The van der Waals surface area contributed by atoms with Gasteiger partial charge in [0, 0.05) is 30.8 Å². The van der Waals surface area contributed by atoms with Gasteiger partial charge in [-0.3, -0.25) is 0 Å². The molecule has 6 rings (SSSR count). The van der Waals surface area contributed by atoms with Gasteiger partial charge in [0.25, 0.3) is 0 Å². The van der Waals surface area contributed by atoms with E-state index in [0.717, 1.165) is 22.6 Å². The Labute approximate surface area is 137 Å². The third-order valence-corrected chi connectivity index (χ3v) is 7.13. The van der Waals surface area contributed by atoms with E-state index in [-0.39, 0.29) is 0 Å². The fourth-order valence-corrected chi connectivity index (χ4v) is 6.14. The van der Waals surface area contributed by atoms with Crippen LogP contribution in [-0.4, -0.2) is 33.3 Å². The van der Waals surface area contributed by atoms with Gasteiger partial charge in [0.1, 0.15) is 5.03 Å². The summed E-state index contributed by atoms with van der Waals surface area (Å²) in [5.41, 5.74) is 3.56. The van der Waals surface area contributed by atoms with Gasteiger partial charge in [-0.2, -0.15) is 14.0 Å². The van der Waals surface area contributed by atoms with Crippen molar-refractivity contribution in [3.05, 3.63) is 41.1 Å². The minimum atomic E-state index is 0.347. The third-order valence-electron chi connectivity index (χ3n) is 5.45. The zero-order valence-corrected chi connectivity index (χ0v) is 13.5. The lowest BCUT2D eigenvalue weighted by atomic mass is 10.0. The minimum absolute atomic E-state index is 0.347. The molecule has 22 heavy (non-hydrogen) atoms. The second-order valence-electron chi connectivity index (χ2n) is 6.46. The van der Waals surface area contributed by atoms with Crippen molar-refractivity contribution in [3.8, 4) is 6.07 Å². The molecule has 1 saturated carbocycles. The summed E-state index contributed by atoms with van der Waals surface area (Å²) in [5.74, 6) is 2.57. The number of nitriles is 1. The van der Waals surface area contributed by atoms with Crippen LogP contribution in [0.15, 0.2) is 29.3 Å². The maximum atomic E-state index is 8.85. The second-order valence-corrected chi connectivity index (χ2v) is 7.96. The lowest BCUT2D eigenvalue weighted by molar-refractivity contribution is 0.405. The summed E-state index contributed by atoms with van der Waals surface area (Å²) in [6.07, 6.45) is 0. The smallest absolute Gasteiger partial charge is 0.134 e. The summed E-state index contributed by atoms with van der Waals surface area (Å²) >= 11 is 3.15. The molecule has 0 amide bonds. The van der Waals surface area contributed by atoms with Gasteiger partial charge in [-0.25, -0.2) is 0 Å². The average molecular weight is 326 g/mol. The Hall–Kier alpha value is -1.42. The topological polar surface area (TPSA) is 52.8 Å². The van der Waals surface area contributed by atoms with E-state index < -0.39 is 0 Å². The maximum absolute atomic E-state index is 8.85. The molecular weight excluding hydrogens is 312 g/mol. The largest absolute Gasteiger partial charge is 0.302 e. The third kappa shape index (κ3) is 1.67. The van der Waals surface area contributed by atoms with Gasteiger partial charge in [-0.1, -0.05) is 23.9 Å². The molecule has 3 saturated heterocycles. The van der Waals surface area contributed by atoms with Crippen molar-refractivity contribution in [1.29, 1.82) is 5.26 Å². The molecule has 1 aromatic heterocycles. The normalized spacial score (nSPS) is 33.9. The highest BCUT2D eigenvalue weighted by Crippen LogP contribution is 2.70. The van der Waals surface area contributed by atoms with Gasteiger partial charge >= 0.3 is 0 Å². The molecule has 3 aliphatic heterocycles. The van der Waals surface area contributed by atoms with Crippen LogP contribution in [-0.2, 0) is 11.2 Å². The fourth-order valence-electron chi connectivity index (χ4n) is 4.36. The predicted molar refractivity (Wildman–Crippen MR) is 85.7 cm³/mol. The Morgan fingerprint density at radius 1 is 1.27 bits per heavy atom. The molecule has 2 unspecified atom stereocenters. The molecule has 0 spiro atoms. The predicted octanol–water partition coefficient (Wildman–Crippen LogP) is 2.52. The van der Waals surface area contributed by atoms with E-state index >= 15 is 0 Å². The number of hydrogen-bond acceptors (Lipinski definition) is 6. The van der Waals surface area contributed by atoms with Gasteiger partial charge < -0.3 is 4.90 Å². The van der Waals surface area contributed by atoms with Gasteiger partial charge in [-0.05, 0) is 29.5 Å². The Morgan fingerprint density at radius 2 is 2.05 bits per heavy atom. The first-order valence-corrected chi connectivity index (χ1v) is 9.20. The highest BCUT2D eigenvalue weighted by atomic mass is 32.2. The Bertz CT molecular complexity index is 764. The number of aromatic nitrogens is 2. The van der Waals surface area contributed by atoms with E-state index in [1.54, 1.807) is 11.8 Å². The molecule has 2 atom stereocenters. The number of rotatable bonds is 4. The van der Waals surface area contributed by atoms with Crippen molar-refractivity contribution in [2.45, 2.75) is 16.2 Å². The van der Waals surface area contributed by atoms with E-state index in [9.17, 15) is 0 Å². The quantitative estimate of drug-likeness (QED) is 0.808. The number of benzene rings is 1. The van der Waals surface area contributed by atoms with Crippen LogP contribution in [0.5, 0.6) is 0 Å². The molecular formula is C16H14N4S2. The molecule has 110 valence electrons. The van der Waals surface area contributed by atoms with Crippen LogP contribution in [0.25, 0.3) is 0 Å². The van der Waals surface area contributed by atoms with E-state index in [0.29, 0.717) is 11.0 Å². The van der Waals surface area contributed by atoms with Crippen LogP contribution in [0.3, 0.4) is 0 Å². The molecule has 0 N–H and O–H groups in total. The van der Waals surface area contributed by atoms with Crippen LogP contribution >= 0.6 is 23.5 Å². The van der Waals surface area contributed by atoms with E-state index in [1.165, 1.54) is 42.6 Å². The fraction of sp³-hybridized carbons (Fsp3) is 0.438. The number of thioether (sulfide) groups is 1. The molecule has 2 aromatic rings. The van der Waals surface area contributed by atoms with Crippen molar-refractivity contribution in [2.75, 3.05) is 19.6 Å². The lowest BCUT2D eigenvalue weighted by Crippen LogP contribution is -2.16. The summed E-state index contributed by atoms with van der Waals surface area (Å²) in [4.78, 5) is 2.57. The van der Waals surface area contributed by atoms with E-state index in [1.807, 2.05) is 24.3 Å². The molecule has 0 radical (unpaired) electrons. The molecule has 4 nitrogen and oxygen atoms in total. The molecule has 6 heteroatoms. The first-order chi connectivity index (χ1) is 10.8. The van der Waals surface area contributed by atoms with Crippen molar-refractivity contribution >= 4 is 23.5 Å². The average Bonchev–Trinajstić information content (AvgIpc) is 3.16. The van der Waals surface area contributed by atoms with Crippen LogP contribution in [0.4, 0.5) is 0 Å². The lowest BCUT2D eigenvalue weighted by Gasteiger charge is -2.09. The highest BCUT2D eigenvalue weighted by Gasteiger charge is 2.76. The molecule has 1 aliphatic carbocycles. The zero-order valence-electron chi connectivity index (χ0n) is 11.9. The van der Waals surface area contributed by atoms with Crippen molar-refractivity contribution in [1.82, 2.24) is 13.6 Å². The summed E-state index contributed by atoms with van der Waals surface area (Å²) in [7, 11) is 0. The summed E-state index contributed by atoms with van der Waals surface area (Å²) in [6, 6.07) is 9.98. The number of hydrogen-bond donors (Lipinski definition) is 0. The standard InChI is InChI=1S/C16H14N4S2/c17-5-10-1-3-11(4-2-10)8-21-15-14(18-22-19-15)16-9-20-6-12(16)13(16)7-20/h1-4,12-13H,6-9H2. The van der Waals surface area contributed by atoms with Gasteiger partial charge in [0.05, 0.1) is 29.1 Å². The van der Waals surface area contributed by atoms with Crippen LogP contribution in [0.1, 0.15) is 16.8 Å². The van der Waals surface area contributed by atoms with Crippen molar-refractivity contribution in [2.24, 2.45) is 11.8 Å². The molecule has 4 bridgehead atoms. The van der Waals surface area contributed by atoms with Gasteiger partial charge in [-0.15, -0.1) is 0 Å². The van der Waals surface area contributed by atoms with E-state index in [4.69, 9.17) is 5.26 Å². The van der Waals surface area contributed by atoms with Crippen LogP contribution < -0.4 is 0 Å². The Morgan fingerprint density at radius 3 is 2.68 bits per heavy atom. The summed E-state index contributed by atoms with van der Waals surface area (Å²) in [6.45, 7) is 3.72. The first kappa shape index (κ1) is 13.1. The zero-order chi connectivity index (χ0) is 14.7. The number of nitrogens with zero attached hydrogens (tertiary/aromatic N) is 4. The molecule has 4 heterocycles. The second kappa shape index (κ2) is 4.54. The monoisotopic (exact) mass is 326 g/mol. The summed E-state index contributed by atoms with van der Waals surface area (Å²) < 4.78 is 9.23. The minimum Gasteiger partial charge on any atom is -0.302 e. The first-order valence-electron chi connectivity index (χ1n) is 7.48.